The number of rotatable bonds is 8. The van der Waals surface area contributed by atoms with Gasteiger partial charge in [0.25, 0.3) is 5.91 Å². The number of benzene rings is 2. The van der Waals surface area contributed by atoms with Gasteiger partial charge in [-0.25, -0.2) is 0 Å². The summed E-state index contributed by atoms with van der Waals surface area (Å²) in [4.78, 5) is 14.8. The van der Waals surface area contributed by atoms with E-state index in [4.69, 9.17) is 9.47 Å². The number of amides is 1. The van der Waals surface area contributed by atoms with Gasteiger partial charge in [-0.2, -0.15) is 0 Å². The van der Waals surface area contributed by atoms with Crippen molar-refractivity contribution in [2.75, 3.05) is 33.4 Å². The number of hydrogen-bond donors (Lipinski definition) is 1. The third-order valence-corrected chi connectivity index (χ3v) is 5.20. The molecule has 0 radical (unpaired) electrons. The van der Waals surface area contributed by atoms with Gasteiger partial charge < -0.3 is 14.8 Å². The highest BCUT2D eigenvalue weighted by Crippen LogP contribution is 2.19. The van der Waals surface area contributed by atoms with Crippen LogP contribution in [0.5, 0.6) is 11.5 Å². The number of carbonyl (C=O) groups excluding carboxylic acids is 1. The molecule has 150 valence electrons. The lowest BCUT2D eigenvalue weighted by molar-refractivity contribution is 0.0947. The number of piperidine rings is 1. The largest absolute Gasteiger partial charge is 0.497 e. The molecule has 1 N–H and O–H groups in total. The van der Waals surface area contributed by atoms with E-state index in [1.54, 1.807) is 7.11 Å². The molecular weight excluding hydrogens is 352 g/mol. The van der Waals surface area contributed by atoms with Crippen molar-refractivity contribution in [1.29, 1.82) is 0 Å². The molecule has 1 aliphatic heterocycles. The molecule has 3 rings (SSSR count). The molecule has 0 atom stereocenters. The molecule has 28 heavy (non-hydrogen) atoms. The SMILES string of the molecule is COc1cccc(OCCNC(=O)c2ccc(CN3CCC(C)CC3)cc2)c1. The summed E-state index contributed by atoms with van der Waals surface area (Å²) in [7, 11) is 1.62. The van der Waals surface area contributed by atoms with E-state index in [0.29, 0.717) is 18.7 Å². The first-order valence-corrected chi connectivity index (χ1v) is 10.0. The molecule has 1 saturated heterocycles. The van der Waals surface area contributed by atoms with Crippen molar-refractivity contribution in [2.45, 2.75) is 26.3 Å². The zero-order chi connectivity index (χ0) is 19.8. The molecule has 1 amide bonds. The fraction of sp³-hybridized carbons (Fsp3) is 0.435. The van der Waals surface area contributed by atoms with Crippen LogP contribution in [0.25, 0.3) is 0 Å². The van der Waals surface area contributed by atoms with Gasteiger partial charge in [-0.05, 0) is 61.7 Å². The zero-order valence-electron chi connectivity index (χ0n) is 16.8. The van der Waals surface area contributed by atoms with E-state index in [2.05, 4.69) is 29.3 Å². The summed E-state index contributed by atoms with van der Waals surface area (Å²) in [5, 5.41) is 2.90. The Bertz CT molecular complexity index is 753. The van der Waals surface area contributed by atoms with E-state index in [1.807, 2.05) is 36.4 Å². The highest BCUT2D eigenvalue weighted by Gasteiger charge is 2.15. The fourth-order valence-corrected chi connectivity index (χ4v) is 3.37. The lowest BCUT2D eigenvalue weighted by Gasteiger charge is -2.30. The molecule has 0 saturated carbocycles. The Morgan fingerprint density at radius 2 is 1.82 bits per heavy atom. The number of likely N-dealkylation sites (tertiary alicyclic amines) is 1. The Morgan fingerprint density at radius 1 is 1.11 bits per heavy atom. The summed E-state index contributed by atoms with van der Waals surface area (Å²) in [6.45, 7) is 6.47. The van der Waals surface area contributed by atoms with Crippen molar-refractivity contribution in [1.82, 2.24) is 10.2 Å². The molecule has 0 bridgehead atoms. The lowest BCUT2D eigenvalue weighted by Crippen LogP contribution is -2.32. The number of carbonyl (C=O) groups is 1. The maximum Gasteiger partial charge on any atom is 0.251 e. The third kappa shape index (κ3) is 5.99. The lowest BCUT2D eigenvalue weighted by atomic mass is 9.99. The number of nitrogens with one attached hydrogen (secondary N) is 1. The van der Waals surface area contributed by atoms with Crippen LogP contribution in [0.3, 0.4) is 0 Å². The quantitative estimate of drug-likeness (QED) is 0.707. The molecule has 0 aromatic heterocycles. The van der Waals surface area contributed by atoms with Gasteiger partial charge in [0.2, 0.25) is 0 Å². The van der Waals surface area contributed by atoms with Gasteiger partial charge in [-0.15, -0.1) is 0 Å². The first-order valence-electron chi connectivity index (χ1n) is 10.0. The van der Waals surface area contributed by atoms with Crippen molar-refractivity contribution < 1.29 is 14.3 Å². The van der Waals surface area contributed by atoms with Gasteiger partial charge in [0.15, 0.2) is 0 Å². The number of nitrogens with zero attached hydrogens (tertiary/aromatic N) is 1. The van der Waals surface area contributed by atoms with E-state index in [9.17, 15) is 4.79 Å². The average molecular weight is 383 g/mol. The van der Waals surface area contributed by atoms with E-state index < -0.39 is 0 Å². The Morgan fingerprint density at radius 3 is 2.54 bits per heavy atom. The molecule has 5 heteroatoms. The first-order chi connectivity index (χ1) is 13.6. The Balaban J connectivity index is 1.40. The summed E-state index contributed by atoms with van der Waals surface area (Å²) < 4.78 is 10.8. The van der Waals surface area contributed by atoms with Gasteiger partial charge in [0.05, 0.1) is 13.7 Å². The zero-order valence-corrected chi connectivity index (χ0v) is 16.8. The summed E-state index contributed by atoms with van der Waals surface area (Å²) in [6, 6.07) is 15.3. The Hall–Kier alpha value is -2.53. The highest BCUT2D eigenvalue weighted by molar-refractivity contribution is 5.94. The van der Waals surface area contributed by atoms with E-state index in [1.165, 1.54) is 18.4 Å². The van der Waals surface area contributed by atoms with Crippen LogP contribution in [0.2, 0.25) is 0 Å². The van der Waals surface area contributed by atoms with Gasteiger partial charge in [0.1, 0.15) is 18.1 Å². The van der Waals surface area contributed by atoms with Gasteiger partial charge in [-0.3, -0.25) is 9.69 Å². The second kappa shape index (κ2) is 10.1. The minimum atomic E-state index is -0.0763. The predicted molar refractivity (Wildman–Crippen MR) is 111 cm³/mol. The standard InChI is InChI=1S/C23H30N2O3/c1-18-10-13-25(14-11-18)17-19-6-8-20(9-7-19)23(26)24-12-15-28-22-5-3-4-21(16-22)27-2/h3-9,16,18H,10-15,17H2,1-2H3,(H,24,26). The average Bonchev–Trinajstić information content (AvgIpc) is 2.73. The normalized spacial score (nSPS) is 15.2. The molecule has 0 aliphatic carbocycles. The highest BCUT2D eigenvalue weighted by atomic mass is 16.5. The topological polar surface area (TPSA) is 50.8 Å². The molecule has 1 heterocycles. The monoisotopic (exact) mass is 382 g/mol. The van der Waals surface area contributed by atoms with Gasteiger partial charge in [0, 0.05) is 18.2 Å². The molecule has 1 fully saturated rings. The summed E-state index contributed by atoms with van der Waals surface area (Å²) >= 11 is 0. The summed E-state index contributed by atoms with van der Waals surface area (Å²) in [5.74, 6) is 2.24. The number of ether oxygens (including phenoxy) is 2. The van der Waals surface area contributed by atoms with E-state index >= 15 is 0 Å². The van der Waals surface area contributed by atoms with Crippen molar-refractivity contribution >= 4 is 5.91 Å². The third-order valence-electron chi connectivity index (χ3n) is 5.20. The van der Waals surface area contributed by atoms with Crippen molar-refractivity contribution in [3.8, 4) is 11.5 Å². The Kier molecular flexibility index (Phi) is 7.31. The molecule has 1 aliphatic rings. The van der Waals surface area contributed by atoms with Gasteiger partial charge in [-0.1, -0.05) is 25.1 Å². The molecule has 5 nitrogen and oxygen atoms in total. The smallest absolute Gasteiger partial charge is 0.251 e. The minimum absolute atomic E-state index is 0.0763. The van der Waals surface area contributed by atoms with Crippen molar-refractivity contribution in [3.63, 3.8) is 0 Å². The Labute approximate surface area is 167 Å². The second-order valence-corrected chi connectivity index (χ2v) is 7.44. The molecule has 2 aromatic rings. The van der Waals surface area contributed by atoms with E-state index in [-0.39, 0.29) is 5.91 Å². The van der Waals surface area contributed by atoms with Crippen LogP contribution in [0.15, 0.2) is 48.5 Å². The molecule has 2 aromatic carbocycles. The summed E-state index contributed by atoms with van der Waals surface area (Å²) in [5.41, 5.74) is 1.94. The fourth-order valence-electron chi connectivity index (χ4n) is 3.37. The first kappa shape index (κ1) is 20.2. The second-order valence-electron chi connectivity index (χ2n) is 7.44. The van der Waals surface area contributed by atoms with Crippen LogP contribution in [-0.2, 0) is 6.54 Å². The van der Waals surface area contributed by atoms with Crippen LogP contribution in [0, 0.1) is 5.92 Å². The van der Waals surface area contributed by atoms with Crippen LogP contribution >= 0.6 is 0 Å². The molecule has 0 unspecified atom stereocenters. The van der Waals surface area contributed by atoms with Gasteiger partial charge >= 0.3 is 0 Å². The van der Waals surface area contributed by atoms with Crippen molar-refractivity contribution in [3.05, 3.63) is 59.7 Å². The number of methoxy groups -OCH3 is 1. The van der Waals surface area contributed by atoms with Crippen molar-refractivity contribution in [2.24, 2.45) is 5.92 Å². The maximum absolute atomic E-state index is 12.3. The minimum Gasteiger partial charge on any atom is -0.497 e. The summed E-state index contributed by atoms with van der Waals surface area (Å²) in [6.07, 6.45) is 2.55. The predicted octanol–water partition coefficient (Wildman–Crippen LogP) is 3.74. The number of hydrogen-bond acceptors (Lipinski definition) is 4. The van der Waals surface area contributed by atoms with Crippen LogP contribution in [-0.4, -0.2) is 44.2 Å². The van der Waals surface area contributed by atoms with Crippen LogP contribution in [0.4, 0.5) is 0 Å². The van der Waals surface area contributed by atoms with Crippen LogP contribution < -0.4 is 14.8 Å². The van der Waals surface area contributed by atoms with Crippen LogP contribution in [0.1, 0.15) is 35.7 Å². The molecular formula is C23H30N2O3. The van der Waals surface area contributed by atoms with E-state index in [0.717, 1.165) is 37.1 Å². The maximum atomic E-state index is 12.3. The molecule has 0 spiro atoms.